The van der Waals surface area contributed by atoms with Crippen LogP contribution >= 0.6 is 23.6 Å². The summed E-state index contributed by atoms with van der Waals surface area (Å²) in [5.41, 5.74) is 5.46. The second-order valence-electron chi connectivity index (χ2n) is 3.47. The summed E-state index contributed by atoms with van der Waals surface area (Å²) in [6.07, 6.45) is 0. The minimum Gasteiger partial charge on any atom is -0.392 e. The van der Waals surface area contributed by atoms with Crippen LogP contribution in [0.3, 0.4) is 0 Å². The first-order valence-electron chi connectivity index (χ1n) is 4.65. The highest BCUT2D eigenvalue weighted by Gasteiger charge is 2.19. The zero-order valence-electron chi connectivity index (χ0n) is 8.77. The Hall–Kier alpha value is -0.940. The summed E-state index contributed by atoms with van der Waals surface area (Å²) in [4.78, 5) is 14.7. The molecule has 0 aliphatic carbocycles. The third-order valence-corrected chi connectivity index (χ3v) is 2.93. The van der Waals surface area contributed by atoms with E-state index in [-0.39, 0.29) is 11.9 Å². The van der Waals surface area contributed by atoms with Gasteiger partial charge in [-0.15, -0.1) is 11.3 Å². The van der Waals surface area contributed by atoms with Crippen molar-refractivity contribution in [2.75, 3.05) is 6.54 Å². The first kappa shape index (κ1) is 12.1. The molecule has 82 valence electrons. The average Bonchev–Trinajstić information content (AvgIpc) is 2.65. The number of amides is 1. The molecule has 0 aliphatic heterocycles. The maximum atomic E-state index is 12.0. The highest BCUT2D eigenvalue weighted by molar-refractivity contribution is 7.80. The number of thiocarbonyl (C=S) groups is 1. The highest BCUT2D eigenvalue weighted by atomic mass is 32.1. The molecule has 0 aromatic carbocycles. The normalized spacial score (nSPS) is 10.3. The molecule has 5 heteroatoms. The van der Waals surface area contributed by atoms with Crippen molar-refractivity contribution in [2.24, 2.45) is 5.73 Å². The number of hydrogen-bond donors (Lipinski definition) is 1. The molecular formula is C10H14N2OS2. The fraction of sp³-hybridized carbons (Fsp3) is 0.400. The number of nitrogens with zero attached hydrogens (tertiary/aromatic N) is 1. The van der Waals surface area contributed by atoms with Crippen LogP contribution in [0.15, 0.2) is 17.5 Å². The predicted molar refractivity (Wildman–Crippen MR) is 67.3 cm³/mol. The quantitative estimate of drug-likeness (QED) is 0.820. The fourth-order valence-corrected chi connectivity index (χ4v) is 2.02. The molecule has 0 bridgehead atoms. The zero-order chi connectivity index (χ0) is 11.4. The lowest BCUT2D eigenvalue weighted by Gasteiger charge is -2.25. The smallest absolute Gasteiger partial charge is 0.264 e. The standard InChI is InChI=1S/C10H14N2OS2/c1-7(2)12(6-9(11)14)10(13)8-4-3-5-15-8/h3-5,7H,6H2,1-2H3,(H2,11,14). The lowest BCUT2D eigenvalue weighted by Crippen LogP contribution is -2.41. The van der Waals surface area contributed by atoms with E-state index in [9.17, 15) is 4.79 Å². The van der Waals surface area contributed by atoms with E-state index >= 15 is 0 Å². The molecular weight excluding hydrogens is 228 g/mol. The van der Waals surface area contributed by atoms with Gasteiger partial charge in [-0.3, -0.25) is 4.79 Å². The lowest BCUT2D eigenvalue weighted by molar-refractivity contribution is 0.0741. The Balaban J connectivity index is 2.81. The van der Waals surface area contributed by atoms with Crippen molar-refractivity contribution in [3.05, 3.63) is 22.4 Å². The molecule has 0 saturated heterocycles. The van der Waals surface area contributed by atoms with Gasteiger partial charge in [0.25, 0.3) is 5.91 Å². The van der Waals surface area contributed by atoms with Gasteiger partial charge in [-0.1, -0.05) is 18.3 Å². The Bertz CT molecular complexity index is 346. The predicted octanol–water partition coefficient (Wildman–Crippen LogP) is 1.88. The number of carbonyl (C=O) groups excluding carboxylic acids is 1. The second-order valence-corrected chi connectivity index (χ2v) is 4.94. The Morgan fingerprint density at radius 3 is 2.73 bits per heavy atom. The topological polar surface area (TPSA) is 46.3 Å². The van der Waals surface area contributed by atoms with Gasteiger partial charge in [0.05, 0.1) is 16.4 Å². The molecule has 1 heterocycles. The molecule has 1 aromatic rings. The van der Waals surface area contributed by atoms with Gasteiger partial charge >= 0.3 is 0 Å². The van der Waals surface area contributed by atoms with Gasteiger partial charge in [-0.05, 0) is 25.3 Å². The Morgan fingerprint density at radius 2 is 2.33 bits per heavy atom. The van der Waals surface area contributed by atoms with E-state index in [0.29, 0.717) is 11.5 Å². The molecule has 0 unspecified atom stereocenters. The van der Waals surface area contributed by atoms with Crippen LogP contribution in [-0.2, 0) is 0 Å². The van der Waals surface area contributed by atoms with Crippen molar-refractivity contribution in [3.63, 3.8) is 0 Å². The largest absolute Gasteiger partial charge is 0.392 e. The van der Waals surface area contributed by atoms with Gasteiger partial charge in [0, 0.05) is 6.04 Å². The van der Waals surface area contributed by atoms with Crippen LogP contribution in [0.2, 0.25) is 0 Å². The van der Waals surface area contributed by atoms with E-state index < -0.39 is 0 Å². The van der Waals surface area contributed by atoms with E-state index in [2.05, 4.69) is 0 Å². The molecule has 0 fully saturated rings. The maximum absolute atomic E-state index is 12.0. The molecule has 1 amide bonds. The minimum absolute atomic E-state index is 0.00667. The molecule has 0 saturated carbocycles. The van der Waals surface area contributed by atoms with Gasteiger partial charge in [-0.25, -0.2) is 0 Å². The number of thiophene rings is 1. The molecule has 1 rings (SSSR count). The molecule has 0 spiro atoms. The third-order valence-electron chi connectivity index (χ3n) is 1.94. The van der Waals surface area contributed by atoms with Crippen molar-refractivity contribution < 1.29 is 4.79 Å². The number of hydrogen-bond acceptors (Lipinski definition) is 3. The zero-order valence-corrected chi connectivity index (χ0v) is 10.4. The van der Waals surface area contributed by atoms with Gasteiger partial charge in [-0.2, -0.15) is 0 Å². The summed E-state index contributed by atoms with van der Waals surface area (Å²) < 4.78 is 0. The van der Waals surface area contributed by atoms with Crippen molar-refractivity contribution >= 4 is 34.5 Å². The first-order valence-corrected chi connectivity index (χ1v) is 5.94. The molecule has 1 aromatic heterocycles. The maximum Gasteiger partial charge on any atom is 0.264 e. The number of carbonyl (C=O) groups is 1. The highest BCUT2D eigenvalue weighted by Crippen LogP contribution is 2.13. The summed E-state index contributed by atoms with van der Waals surface area (Å²) in [5, 5.41) is 1.88. The Morgan fingerprint density at radius 1 is 1.67 bits per heavy atom. The molecule has 0 atom stereocenters. The van der Waals surface area contributed by atoms with E-state index in [1.807, 2.05) is 31.4 Å². The second kappa shape index (κ2) is 5.23. The average molecular weight is 242 g/mol. The Kier molecular flexibility index (Phi) is 4.23. The van der Waals surface area contributed by atoms with Gasteiger partial charge in [0.1, 0.15) is 0 Å². The molecule has 15 heavy (non-hydrogen) atoms. The molecule has 0 radical (unpaired) electrons. The number of nitrogens with two attached hydrogens (primary N) is 1. The first-order chi connectivity index (χ1) is 7.02. The SMILES string of the molecule is CC(C)N(CC(N)=S)C(=O)c1cccs1. The van der Waals surface area contributed by atoms with Crippen molar-refractivity contribution in [1.82, 2.24) is 4.90 Å². The van der Waals surface area contributed by atoms with Crippen molar-refractivity contribution in [3.8, 4) is 0 Å². The van der Waals surface area contributed by atoms with Gasteiger partial charge in [0.15, 0.2) is 0 Å². The minimum atomic E-state index is -0.00667. The van der Waals surface area contributed by atoms with Crippen LogP contribution in [0.25, 0.3) is 0 Å². The fourth-order valence-electron chi connectivity index (χ4n) is 1.20. The summed E-state index contributed by atoms with van der Waals surface area (Å²) in [6.45, 7) is 4.23. The monoisotopic (exact) mass is 242 g/mol. The van der Waals surface area contributed by atoms with Gasteiger partial charge in [0.2, 0.25) is 0 Å². The van der Waals surface area contributed by atoms with E-state index in [4.69, 9.17) is 18.0 Å². The summed E-state index contributed by atoms with van der Waals surface area (Å²) in [5.74, 6) is -0.00667. The van der Waals surface area contributed by atoms with Crippen LogP contribution in [-0.4, -0.2) is 28.4 Å². The molecule has 0 aliphatic rings. The third kappa shape index (κ3) is 3.28. The lowest BCUT2D eigenvalue weighted by atomic mass is 10.3. The van der Waals surface area contributed by atoms with Crippen molar-refractivity contribution in [1.29, 1.82) is 0 Å². The van der Waals surface area contributed by atoms with E-state index in [1.54, 1.807) is 4.90 Å². The van der Waals surface area contributed by atoms with E-state index in [0.717, 1.165) is 4.88 Å². The van der Waals surface area contributed by atoms with Crippen LogP contribution < -0.4 is 5.73 Å². The summed E-state index contributed by atoms with van der Waals surface area (Å²) in [7, 11) is 0. The van der Waals surface area contributed by atoms with Crippen LogP contribution in [0.1, 0.15) is 23.5 Å². The van der Waals surface area contributed by atoms with Crippen molar-refractivity contribution in [2.45, 2.75) is 19.9 Å². The summed E-state index contributed by atoms with van der Waals surface area (Å²) >= 11 is 6.26. The number of rotatable bonds is 4. The van der Waals surface area contributed by atoms with Crippen LogP contribution in [0.4, 0.5) is 0 Å². The molecule has 3 nitrogen and oxygen atoms in total. The van der Waals surface area contributed by atoms with E-state index in [1.165, 1.54) is 11.3 Å². The van der Waals surface area contributed by atoms with Gasteiger partial charge < -0.3 is 10.6 Å². The van der Waals surface area contributed by atoms with Crippen LogP contribution in [0.5, 0.6) is 0 Å². The summed E-state index contributed by atoms with van der Waals surface area (Å²) in [6, 6.07) is 3.76. The molecule has 2 N–H and O–H groups in total. The van der Waals surface area contributed by atoms with Crippen LogP contribution in [0, 0.1) is 0 Å². The Labute approximate surface area is 98.9 Å².